The van der Waals surface area contributed by atoms with Crippen molar-refractivity contribution in [3.05, 3.63) is 11.6 Å². The summed E-state index contributed by atoms with van der Waals surface area (Å²) in [5, 5.41) is 0. The molecule has 0 radical (unpaired) electrons. The molecular formula is C22H36O4. The number of allylic oxidation sites excluding steroid dienone is 1. The standard InChI is InChI=1S/C22H36O4/c1-16(15-26-21-8-4-5-13-25-21)19-9-10-20-18(11-14-24-17(2)23)7-6-12-22(19,20)3/h11,16,19-21H,4-10,12-15H2,1-3H3/b18-11+. The molecule has 2 saturated carbocycles. The second-order valence-corrected chi connectivity index (χ2v) is 8.78. The molecule has 0 amide bonds. The molecule has 0 aromatic carbocycles. The van der Waals surface area contributed by atoms with Gasteiger partial charge in [0.1, 0.15) is 6.61 Å². The van der Waals surface area contributed by atoms with Crippen LogP contribution in [0.1, 0.15) is 72.1 Å². The van der Waals surface area contributed by atoms with Crippen molar-refractivity contribution in [1.29, 1.82) is 0 Å². The highest BCUT2D eigenvalue weighted by Crippen LogP contribution is 2.59. The van der Waals surface area contributed by atoms with Crippen LogP contribution >= 0.6 is 0 Å². The van der Waals surface area contributed by atoms with Gasteiger partial charge in [0.05, 0.1) is 6.61 Å². The van der Waals surface area contributed by atoms with E-state index in [-0.39, 0.29) is 12.3 Å². The lowest BCUT2D eigenvalue weighted by Gasteiger charge is -2.44. The minimum Gasteiger partial charge on any atom is -0.462 e. The van der Waals surface area contributed by atoms with Crippen molar-refractivity contribution < 1.29 is 19.0 Å². The summed E-state index contributed by atoms with van der Waals surface area (Å²) in [6, 6.07) is 0. The SMILES string of the molecule is CC(=O)OC/C=C1\CCCC2(C)C1CCC2C(C)COC1CCCCO1. The Morgan fingerprint density at radius 1 is 1.31 bits per heavy atom. The van der Waals surface area contributed by atoms with Crippen LogP contribution in [0.2, 0.25) is 0 Å². The quantitative estimate of drug-likeness (QED) is 0.498. The van der Waals surface area contributed by atoms with E-state index >= 15 is 0 Å². The van der Waals surface area contributed by atoms with Gasteiger partial charge in [0.2, 0.25) is 0 Å². The molecule has 2 aliphatic carbocycles. The summed E-state index contributed by atoms with van der Waals surface area (Å²) in [6.45, 7) is 8.41. The van der Waals surface area contributed by atoms with Gasteiger partial charge in [0.25, 0.3) is 0 Å². The number of hydrogen-bond donors (Lipinski definition) is 0. The first kappa shape index (κ1) is 19.9. The molecule has 0 bridgehead atoms. The Balaban J connectivity index is 1.58. The number of hydrogen-bond acceptors (Lipinski definition) is 4. The maximum absolute atomic E-state index is 11.0. The van der Waals surface area contributed by atoms with Crippen LogP contribution in [0.5, 0.6) is 0 Å². The number of ether oxygens (including phenoxy) is 3. The third kappa shape index (κ3) is 4.51. The summed E-state index contributed by atoms with van der Waals surface area (Å²) in [5.74, 6) is 1.71. The van der Waals surface area contributed by atoms with Crippen molar-refractivity contribution in [2.24, 2.45) is 23.2 Å². The molecule has 26 heavy (non-hydrogen) atoms. The van der Waals surface area contributed by atoms with Gasteiger partial charge in [-0.2, -0.15) is 0 Å². The first-order chi connectivity index (χ1) is 12.5. The first-order valence-corrected chi connectivity index (χ1v) is 10.6. The van der Waals surface area contributed by atoms with Gasteiger partial charge in [-0.25, -0.2) is 0 Å². The zero-order valence-corrected chi connectivity index (χ0v) is 16.8. The molecule has 1 heterocycles. The Labute approximate surface area is 158 Å². The summed E-state index contributed by atoms with van der Waals surface area (Å²) in [5.41, 5.74) is 1.88. The van der Waals surface area contributed by atoms with Gasteiger partial charge in [0, 0.05) is 13.5 Å². The number of carbonyl (C=O) groups excluding carboxylic acids is 1. The Morgan fingerprint density at radius 2 is 2.15 bits per heavy atom. The van der Waals surface area contributed by atoms with Crippen molar-refractivity contribution in [2.45, 2.75) is 78.4 Å². The third-order valence-electron chi connectivity index (χ3n) is 7.04. The van der Waals surface area contributed by atoms with Crippen molar-refractivity contribution in [2.75, 3.05) is 19.8 Å². The topological polar surface area (TPSA) is 44.8 Å². The molecule has 4 heteroatoms. The summed E-state index contributed by atoms with van der Waals surface area (Å²) in [6.07, 6.45) is 11.9. The molecule has 4 nitrogen and oxygen atoms in total. The maximum atomic E-state index is 11.0. The fraction of sp³-hybridized carbons (Fsp3) is 0.864. The van der Waals surface area contributed by atoms with Gasteiger partial charge in [-0.05, 0) is 80.6 Å². The first-order valence-electron chi connectivity index (χ1n) is 10.6. The van der Waals surface area contributed by atoms with E-state index in [4.69, 9.17) is 14.2 Å². The average Bonchev–Trinajstić information content (AvgIpc) is 2.98. The van der Waals surface area contributed by atoms with E-state index in [0.717, 1.165) is 26.1 Å². The lowest BCUT2D eigenvalue weighted by Crippen LogP contribution is -2.37. The van der Waals surface area contributed by atoms with Gasteiger partial charge < -0.3 is 14.2 Å². The highest BCUT2D eigenvalue weighted by molar-refractivity contribution is 5.66. The zero-order chi connectivity index (χ0) is 18.6. The normalized spacial score (nSPS) is 37.3. The minimum absolute atomic E-state index is 0.0155. The predicted octanol–water partition coefficient (Wildman–Crippen LogP) is 4.87. The summed E-state index contributed by atoms with van der Waals surface area (Å²) in [7, 11) is 0. The van der Waals surface area contributed by atoms with Crippen molar-refractivity contribution in [3.63, 3.8) is 0 Å². The Morgan fingerprint density at radius 3 is 2.88 bits per heavy atom. The molecule has 3 rings (SSSR count). The van der Waals surface area contributed by atoms with Crippen LogP contribution in [-0.4, -0.2) is 32.1 Å². The smallest absolute Gasteiger partial charge is 0.302 e. The molecule has 0 aromatic rings. The van der Waals surface area contributed by atoms with Crippen molar-refractivity contribution in [1.82, 2.24) is 0 Å². The highest BCUT2D eigenvalue weighted by atomic mass is 16.7. The van der Waals surface area contributed by atoms with Gasteiger partial charge in [-0.3, -0.25) is 4.79 Å². The maximum Gasteiger partial charge on any atom is 0.302 e. The van der Waals surface area contributed by atoms with Gasteiger partial charge >= 0.3 is 5.97 Å². The fourth-order valence-corrected chi connectivity index (χ4v) is 5.74. The van der Waals surface area contributed by atoms with Crippen molar-refractivity contribution >= 4 is 5.97 Å². The van der Waals surface area contributed by atoms with E-state index in [2.05, 4.69) is 19.9 Å². The van der Waals surface area contributed by atoms with Gasteiger partial charge in [-0.15, -0.1) is 0 Å². The molecule has 0 aromatic heterocycles. The fourth-order valence-electron chi connectivity index (χ4n) is 5.74. The van der Waals surface area contributed by atoms with E-state index in [9.17, 15) is 4.79 Å². The number of carbonyl (C=O) groups is 1. The van der Waals surface area contributed by atoms with Crippen LogP contribution in [-0.2, 0) is 19.0 Å². The number of rotatable bonds is 6. The number of esters is 1. The molecule has 3 fully saturated rings. The van der Waals surface area contributed by atoms with E-state index in [1.807, 2.05) is 0 Å². The van der Waals surface area contributed by atoms with Crippen molar-refractivity contribution in [3.8, 4) is 0 Å². The molecule has 5 atom stereocenters. The predicted molar refractivity (Wildman–Crippen MR) is 102 cm³/mol. The molecule has 0 N–H and O–H groups in total. The largest absolute Gasteiger partial charge is 0.462 e. The Bertz CT molecular complexity index is 508. The van der Waals surface area contributed by atoms with Gasteiger partial charge in [0.15, 0.2) is 6.29 Å². The molecule has 0 spiro atoms. The Hall–Kier alpha value is -0.870. The highest BCUT2D eigenvalue weighted by Gasteiger charge is 2.50. The molecule has 1 aliphatic heterocycles. The van der Waals surface area contributed by atoms with Crippen LogP contribution in [0, 0.1) is 23.2 Å². The van der Waals surface area contributed by atoms with Crippen LogP contribution in [0.25, 0.3) is 0 Å². The molecule has 1 saturated heterocycles. The minimum atomic E-state index is -0.194. The monoisotopic (exact) mass is 364 g/mol. The molecule has 3 aliphatic rings. The lowest BCUT2D eigenvalue weighted by molar-refractivity contribution is -0.172. The van der Waals surface area contributed by atoms with Crippen LogP contribution in [0.3, 0.4) is 0 Å². The van der Waals surface area contributed by atoms with E-state index in [1.54, 1.807) is 0 Å². The van der Waals surface area contributed by atoms with Crippen LogP contribution < -0.4 is 0 Å². The summed E-state index contributed by atoms with van der Waals surface area (Å²) < 4.78 is 17.0. The molecule has 148 valence electrons. The van der Waals surface area contributed by atoms with Gasteiger partial charge in [-0.1, -0.05) is 19.4 Å². The molecular weight excluding hydrogens is 328 g/mol. The average molecular weight is 365 g/mol. The van der Waals surface area contributed by atoms with E-state index in [1.165, 1.54) is 51.0 Å². The third-order valence-corrected chi connectivity index (χ3v) is 7.04. The zero-order valence-electron chi connectivity index (χ0n) is 16.8. The van der Waals surface area contributed by atoms with E-state index in [0.29, 0.717) is 29.8 Å². The van der Waals surface area contributed by atoms with Crippen LogP contribution in [0.4, 0.5) is 0 Å². The van der Waals surface area contributed by atoms with E-state index < -0.39 is 0 Å². The van der Waals surface area contributed by atoms with Crippen LogP contribution in [0.15, 0.2) is 11.6 Å². The lowest BCUT2D eigenvalue weighted by atomic mass is 9.61. The number of fused-ring (bicyclic) bond motifs is 1. The Kier molecular flexibility index (Phi) is 6.79. The second-order valence-electron chi connectivity index (χ2n) is 8.78. The summed E-state index contributed by atoms with van der Waals surface area (Å²) in [4.78, 5) is 11.0. The summed E-state index contributed by atoms with van der Waals surface area (Å²) >= 11 is 0. The second kappa shape index (κ2) is 8.88. The molecule has 5 unspecified atom stereocenters.